The molecule has 2 atom stereocenters. The summed E-state index contributed by atoms with van der Waals surface area (Å²) in [6.45, 7) is 8.53. The third-order valence-corrected chi connectivity index (χ3v) is 8.10. The number of allylic oxidation sites excluding steroid dienone is 1. The summed E-state index contributed by atoms with van der Waals surface area (Å²) in [6, 6.07) is 13.2. The average molecular weight is 519 g/mol. The molecule has 0 fully saturated rings. The van der Waals surface area contributed by atoms with Crippen molar-refractivity contribution >= 4 is 23.0 Å². The molecule has 2 N–H and O–H groups in total. The summed E-state index contributed by atoms with van der Waals surface area (Å²) in [5.41, 5.74) is 5.67. The number of aliphatic hydroxyl groups excluding tert-OH is 1. The number of aromatic nitrogens is 2. The Hall–Kier alpha value is -3.20. The topological polar surface area (TPSA) is 95.4 Å². The summed E-state index contributed by atoms with van der Waals surface area (Å²) >= 11 is 0. The maximum absolute atomic E-state index is 13.5. The van der Waals surface area contributed by atoms with E-state index >= 15 is 0 Å². The molecule has 3 heterocycles. The van der Waals surface area contributed by atoms with Crippen LogP contribution in [0.2, 0.25) is 0 Å². The highest BCUT2D eigenvalue weighted by atomic mass is 32.2. The largest absolute Gasteiger partial charge is 0.396 e. The number of carbonyl (C=O) groups is 1. The van der Waals surface area contributed by atoms with Crippen LogP contribution in [0.5, 0.6) is 0 Å². The van der Waals surface area contributed by atoms with Gasteiger partial charge in [-0.3, -0.25) is 9.78 Å². The van der Waals surface area contributed by atoms with Crippen LogP contribution in [0.25, 0.3) is 17.3 Å². The van der Waals surface area contributed by atoms with Crippen LogP contribution in [0.4, 0.5) is 0 Å². The van der Waals surface area contributed by atoms with Gasteiger partial charge in [-0.25, -0.2) is 13.5 Å². The molecule has 0 bridgehead atoms. The summed E-state index contributed by atoms with van der Waals surface area (Å²) in [7, 11) is -1.31. The molecule has 0 unspecified atom stereocenters. The van der Waals surface area contributed by atoms with Gasteiger partial charge in [-0.1, -0.05) is 30.4 Å². The highest BCUT2D eigenvalue weighted by Gasteiger charge is 2.40. The number of nitrogens with one attached hydrogen (secondary N) is 1. The van der Waals surface area contributed by atoms with E-state index in [0.717, 1.165) is 27.8 Å². The summed E-state index contributed by atoms with van der Waals surface area (Å²) in [4.78, 5) is 22.1. The number of rotatable bonds is 8. The maximum atomic E-state index is 13.5. The van der Waals surface area contributed by atoms with E-state index in [4.69, 9.17) is 4.98 Å². The number of aliphatic hydroxyl groups is 1. The molecule has 194 valence electrons. The Labute approximate surface area is 221 Å². The van der Waals surface area contributed by atoms with Gasteiger partial charge in [0.05, 0.1) is 16.5 Å². The molecular weight excluding hydrogens is 484 g/mol. The number of pyridine rings is 2. The quantitative estimate of drug-likeness (QED) is 0.446. The lowest BCUT2D eigenvalue weighted by Crippen LogP contribution is -2.36. The van der Waals surface area contributed by atoms with Crippen LogP contribution in [0.15, 0.2) is 60.9 Å². The summed E-state index contributed by atoms with van der Waals surface area (Å²) in [6.07, 6.45) is 7.79. The Kier molecular flexibility index (Phi) is 8.32. The lowest BCUT2D eigenvalue weighted by Gasteiger charge is -2.30. The van der Waals surface area contributed by atoms with Crippen molar-refractivity contribution in [2.45, 2.75) is 58.0 Å². The van der Waals surface area contributed by atoms with Crippen molar-refractivity contribution in [1.82, 2.24) is 19.6 Å². The summed E-state index contributed by atoms with van der Waals surface area (Å²) < 4.78 is 15.0. The lowest BCUT2D eigenvalue weighted by atomic mass is 9.95. The molecule has 0 aliphatic carbocycles. The number of nitrogens with zero attached hydrogens (tertiary/aromatic N) is 3. The number of carbonyl (C=O) groups excluding carboxylic acids is 1. The zero-order chi connectivity index (χ0) is 26.6. The number of hydrogen-bond acceptors (Lipinski definition) is 5. The molecule has 0 spiro atoms. The SMILES string of the molecule is CC=Cc1cccc(-c2nc(C(=O)NCc3ccncc3)cc3c2[C@H](CCO)N([S@@](=O)C(C)(C)C)C3)c1. The molecule has 0 saturated carbocycles. The minimum atomic E-state index is -1.31. The normalized spacial score (nSPS) is 16.6. The number of amides is 1. The molecule has 0 saturated heterocycles. The monoisotopic (exact) mass is 518 g/mol. The van der Waals surface area contributed by atoms with Crippen LogP contribution in [-0.2, 0) is 24.1 Å². The first-order valence-electron chi connectivity index (χ1n) is 12.5. The number of fused-ring (bicyclic) bond motifs is 1. The van der Waals surface area contributed by atoms with Crippen LogP contribution >= 0.6 is 0 Å². The van der Waals surface area contributed by atoms with Gasteiger partial charge in [-0.15, -0.1) is 0 Å². The molecular formula is C29H34N4O3S. The van der Waals surface area contributed by atoms with Crippen molar-refractivity contribution in [3.63, 3.8) is 0 Å². The van der Waals surface area contributed by atoms with Crippen LogP contribution in [0.3, 0.4) is 0 Å². The highest BCUT2D eigenvalue weighted by Crippen LogP contribution is 2.44. The first-order chi connectivity index (χ1) is 17.7. The standard InChI is InChI=1S/C29H34N4O3S/c1-5-7-20-8-6-9-22(16-20)27-26-23(19-33(25(26)12-15-34)37(36)29(2,3)4)17-24(32-27)28(35)31-18-21-10-13-30-14-11-21/h5-11,13-14,16-17,25,34H,12,15,18-19H2,1-4H3,(H,31,35)/t25-,37-/m0/s1. The number of benzene rings is 1. The van der Waals surface area contributed by atoms with Gasteiger partial charge < -0.3 is 10.4 Å². The minimum Gasteiger partial charge on any atom is -0.396 e. The molecule has 2 aromatic heterocycles. The van der Waals surface area contributed by atoms with Crippen molar-refractivity contribution in [2.24, 2.45) is 0 Å². The Morgan fingerprint density at radius 2 is 1.97 bits per heavy atom. The van der Waals surface area contributed by atoms with Crippen LogP contribution in [0.1, 0.15) is 72.9 Å². The van der Waals surface area contributed by atoms with E-state index in [2.05, 4.69) is 10.3 Å². The van der Waals surface area contributed by atoms with E-state index in [1.165, 1.54) is 0 Å². The summed E-state index contributed by atoms with van der Waals surface area (Å²) in [5.74, 6) is -0.278. The molecule has 1 amide bonds. The van der Waals surface area contributed by atoms with Crippen molar-refractivity contribution in [1.29, 1.82) is 0 Å². The van der Waals surface area contributed by atoms with Gasteiger partial charge in [-0.2, -0.15) is 0 Å². The zero-order valence-electron chi connectivity index (χ0n) is 21.8. The molecule has 1 aliphatic rings. The van der Waals surface area contributed by atoms with E-state index in [1.807, 2.05) is 80.6 Å². The number of hydrogen-bond donors (Lipinski definition) is 2. The van der Waals surface area contributed by atoms with E-state index in [-0.39, 0.29) is 18.6 Å². The van der Waals surface area contributed by atoms with E-state index in [0.29, 0.717) is 30.9 Å². The fourth-order valence-electron chi connectivity index (χ4n) is 4.56. The molecule has 0 radical (unpaired) electrons. The summed E-state index contributed by atoms with van der Waals surface area (Å²) in [5, 5.41) is 12.9. The third kappa shape index (κ3) is 6.04. The maximum Gasteiger partial charge on any atom is 0.270 e. The van der Waals surface area contributed by atoms with Crippen molar-refractivity contribution in [2.75, 3.05) is 6.61 Å². The van der Waals surface area contributed by atoms with E-state index < -0.39 is 15.7 Å². The van der Waals surface area contributed by atoms with Gasteiger partial charge in [0.2, 0.25) is 0 Å². The van der Waals surface area contributed by atoms with Crippen LogP contribution < -0.4 is 5.32 Å². The predicted octanol–water partition coefficient (Wildman–Crippen LogP) is 4.81. The third-order valence-electron chi connectivity index (χ3n) is 6.24. The van der Waals surface area contributed by atoms with Gasteiger partial charge in [0.15, 0.2) is 0 Å². The van der Waals surface area contributed by atoms with Crippen LogP contribution in [-0.4, -0.2) is 40.8 Å². The van der Waals surface area contributed by atoms with Gasteiger partial charge in [-0.05, 0) is 75.1 Å². The second kappa shape index (κ2) is 11.5. The van der Waals surface area contributed by atoms with Crippen molar-refractivity contribution in [3.05, 3.63) is 88.9 Å². The molecule has 4 rings (SSSR count). The first kappa shape index (κ1) is 26.9. The minimum absolute atomic E-state index is 0.0474. The van der Waals surface area contributed by atoms with Crippen LogP contribution in [0, 0.1) is 0 Å². The molecule has 37 heavy (non-hydrogen) atoms. The molecule has 1 aromatic carbocycles. The Balaban J connectivity index is 1.80. The van der Waals surface area contributed by atoms with Gasteiger partial charge in [0, 0.05) is 43.2 Å². The molecule has 1 aliphatic heterocycles. The lowest BCUT2D eigenvalue weighted by molar-refractivity contribution is 0.0946. The van der Waals surface area contributed by atoms with Gasteiger partial charge in [0.25, 0.3) is 5.91 Å². The fraction of sp³-hybridized carbons (Fsp3) is 0.345. The average Bonchev–Trinajstić information content (AvgIpc) is 3.25. The second-order valence-corrected chi connectivity index (χ2v) is 12.2. The van der Waals surface area contributed by atoms with Gasteiger partial charge >= 0.3 is 0 Å². The highest BCUT2D eigenvalue weighted by molar-refractivity contribution is 7.84. The fourth-order valence-corrected chi connectivity index (χ4v) is 5.96. The first-order valence-corrected chi connectivity index (χ1v) is 13.6. The molecule has 8 heteroatoms. The van der Waals surface area contributed by atoms with E-state index in [1.54, 1.807) is 18.5 Å². The van der Waals surface area contributed by atoms with Crippen molar-refractivity contribution in [3.8, 4) is 11.3 Å². The molecule has 3 aromatic rings. The van der Waals surface area contributed by atoms with Gasteiger partial charge in [0.1, 0.15) is 16.7 Å². The Morgan fingerprint density at radius 1 is 1.22 bits per heavy atom. The molecule has 7 nitrogen and oxygen atoms in total. The van der Waals surface area contributed by atoms with E-state index in [9.17, 15) is 14.1 Å². The Morgan fingerprint density at radius 3 is 2.65 bits per heavy atom. The van der Waals surface area contributed by atoms with Crippen molar-refractivity contribution < 1.29 is 14.1 Å². The smallest absolute Gasteiger partial charge is 0.270 e. The Bertz CT molecular complexity index is 1320. The predicted molar refractivity (Wildman–Crippen MR) is 148 cm³/mol. The second-order valence-electron chi connectivity index (χ2n) is 10.1. The zero-order valence-corrected chi connectivity index (χ0v) is 22.6.